The molecule has 20 heavy (non-hydrogen) atoms. The number of nitrogens with one attached hydrogen (secondary N) is 1. The number of carbonyl (C=O) groups is 1. The van der Waals surface area contributed by atoms with Crippen LogP contribution in [0.5, 0.6) is 5.75 Å². The van der Waals surface area contributed by atoms with Crippen molar-refractivity contribution in [2.24, 2.45) is 5.84 Å². The summed E-state index contributed by atoms with van der Waals surface area (Å²) < 4.78 is 10.3. The molecule has 0 aliphatic carbocycles. The third-order valence-electron chi connectivity index (χ3n) is 3.00. The van der Waals surface area contributed by atoms with Gasteiger partial charge in [0, 0.05) is 24.8 Å². The normalized spacial score (nSPS) is 10.2. The van der Waals surface area contributed by atoms with Gasteiger partial charge in [-0.25, -0.2) is 5.84 Å². The number of hydrazine groups is 1. The van der Waals surface area contributed by atoms with Gasteiger partial charge in [0.2, 0.25) is 0 Å². The fourth-order valence-electron chi connectivity index (χ4n) is 1.91. The summed E-state index contributed by atoms with van der Waals surface area (Å²) in [5, 5.41) is 0. The maximum absolute atomic E-state index is 11.5. The molecule has 0 saturated carbocycles. The topological polar surface area (TPSA) is 80.7 Å². The first kappa shape index (κ1) is 14.0. The molecule has 0 unspecified atom stereocenters. The molecule has 1 heterocycles. The van der Waals surface area contributed by atoms with Gasteiger partial charge in [0.25, 0.3) is 0 Å². The number of amides is 1. The van der Waals surface area contributed by atoms with E-state index in [4.69, 9.17) is 15.0 Å². The fourth-order valence-corrected chi connectivity index (χ4v) is 1.91. The van der Waals surface area contributed by atoms with E-state index in [1.165, 1.54) is 6.26 Å². The predicted molar refractivity (Wildman–Crippen MR) is 75.5 cm³/mol. The van der Waals surface area contributed by atoms with Crippen molar-refractivity contribution in [1.82, 2.24) is 5.43 Å². The van der Waals surface area contributed by atoms with Crippen molar-refractivity contribution in [2.45, 2.75) is 6.54 Å². The molecule has 0 aliphatic heterocycles. The van der Waals surface area contributed by atoms with Gasteiger partial charge in [0.15, 0.2) is 5.76 Å². The summed E-state index contributed by atoms with van der Waals surface area (Å²) in [5.41, 5.74) is 3.84. The molecular formula is C14H17N3O3. The van der Waals surface area contributed by atoms with Crippen molar-refractivity contribution in [3.63, 3.8) is 0 Å². The quantitative estimate of drug-likeness (QED) is 0.491. The molecule has 2 rings (SSSR count). The zero-order valence-corrected chi connectivity index (χ0v) is 11.4. The molecule has 0 aliphatic rings. The molecule has 6 nitrogen and oxygen atoms in total. The molecule has 1 aromatic carbocycles. The first-order chi connectivity index (χ1) is 9.65. The van der Waals surface area contributed by atoms with Crippen molar-refractivity contribution in [1.29, 1.82) is 0 Å². The molecule has 6 heteroatoms. The minimum Gasteiger partial charge on any atom is -0.497 e. The summed E-state index contributed by atoms with van der Waals surface area (Å²) in [4.78, 5) is 13.5. The van der Waals surface area contributed by atoms with Gasteiger partial charge in [0.1, 0.15) is 5.75 Å². The third kappa shape index (κ3) is 2.92. The van der Waals surface area contributed by atoms with Gasteiger partial charge >= 0.3 is 5.91 Å². The standard InChI is InChI=1S/C14H17N3O3/c1-17(11-3-5-12(19-2)6-4-11)9-10-7-8-20-13(10)14(18)16-15/h3-8H,9,15H2,1-2H3,(H,16,18). The first-order valence-electron chi connectivity index (χ1n) is 6.08. The Bertz CT molecular complexity index is 578. The summed E-state index contributed by atoms with van der Waals surface area (Å²) in [7, 11) is 3.56. The molecule has 0 radical (unpaired) electrons. The van der Waals surface area contributed by atoms with Crippen LogP contribution >= 0.6 is 0 Å². The lowest BCUT2D eigenvalue weighted by molar-refractivity contribution is 0.0924. The van der Waals surface area contributed by atoms with E-state index < -0.39 is 5.91 Å². The van der Waals surface area contributed by atoms with E-state index in [2.05, 4.69) is 5.43 Å². The average molecular weight is 275 g/mol. The Balaban J connectivity index is 2.12. The zero-order valence-electron chi connectivity index (χ0n) is 11.4. The van der Waals surface area contributed by atoms with E-state index in [9.17, 15) is 4.79 Å². The van der Waals surface area contributed by atoms with Crippen LogP contribution in [0.25, 0.3) is 0 Å². The highest BCUT2D eigenvalue weighted by Crippen LogP contribution is 2.21. The number of ether oxygens (including phenoxy) is 1. The summed E-state index contributed by atoms with van der Waals surface area (Å²) in [6.07, 6.45) is 1.47. The molecule has 0 fully saturated rings. The molecule has 2 aromatic rings. The van der Waals surface area contributed by atoms with Gasteiger partial charge in [0.05, 0.1) is 13.4 Å². The predicted octanol–water partition coefficient (Wildman–Crippen LogP) is 1.53. The molecule has 3 N–H and O–H groups in total. The minimum absolute atomic E-state index is 0.230. The highest BCUT2D eigenvalue weighted by atomic mass is 16.5. The van der Waals surface area contributed by atoms with Gasteiger partial charge < -0.3 is 14.1 Å². The van der Waals surface area contributed by atoms with E-state index >= 15 is 0 Å². The van der Waals surface area contributed by atoms with Crippen LogP contribution in [-0.4, -0.2) is 20.1 Å². The third-order valence-corrected chi connectivity index (χ3v) is 3.00. The highest BCUT2D eigenvalue weighted by Gasteiger charge is 2.15. The zero-order chi connectivity index (χ0) is 14.5. The van der Waals surface area contributed by atoms with Crippen LogP contribution in [-0.2, 0) is 6.54 Å². The maximum Gasteiger partial charge on any atom is 0.301 e. The molecule has 106 valence electrons. The van der Waals surface area contributed by atoms with Crippen LogP contribution in [0.1, 0.15) is 16.1 Å². The van der Waals surface area contributed by atoms with Crippen LogP contribution in [0.15, 0.2) is 41.0 Å². The number of benzene rings is 1. The summed E-state index contributed by atoms with van der Waals surface area (Å²) >= 11 is 0. The Morgan fingerprint density at radius 1 is 1.35 bits per heavy atom. The summed E-state index contributed by atoms with van der Waals surface area (Å²) in [6, 6.07) is 9.41. The average Bonchev–Trinajstić information content (AvgIpc) is 2.94. The Labute approximate surface area is 117 Å². The number of hydrogen-bond donors (Lipinski definition) is 2. The molecule has 0 atom stereocenters. The van der Waals surface area contributed by atoms with Crippen LogP contribution in [0.2, 0.25) is 0 Å². The number of methoxy groups -OCH3 is 1. The summed E-state index contributed by atoms with van der Waals surface area (Å²) in [5.74, 6) is 5.71. The second-order valence-electron chi connectivity index (χ2n) is 4.30. The lowest BCUT2D eigenvalue weighted by Crippen LogP contribution is -2.31. The number of rotatable bonds is 5. The minimum atomic E-state index is -0.437. The van der Waals surface area contributed by atoms with Crippen LogP contribution < -0.4 is 20.9 Å². The number of anilines is 1. The van der Waals surface area contributed by atoms with Gasteiger partial charge in [-0.2, -0.15) is 0 Å². The number of hydrogen-bond acceptors (Lipinski definition) is 5. The van der Waals surface area contributed by atoms with Crippen molar-refractivity contribution < 1.29 is 13.9 Å². The number of furan rings is 1. The van der Waals surface area contributed by atoms with Gasteiger partial charge in [-0.1, -0.05) is 0 Å². The molecule has 0 spiro atoms. The number of nitrogens with zero attached hydrogens (tertiary/aromatic N) is 1. The first-order valence-corrected chi connectivity index (χ1v) is 6.08. The monoisotopic (exact) mass is 275 g/mol. The Morgan fingerprint density at radius 2 is 2.05 bits per heavy atom. The molecule has 1 amide bonds. The lowest BCUT2D eigenvalue weighted by atomic mass is 10.2. The molecule has 1 aromatic heterocycles. The van der Waals surface area contributed by atoms with Crippen molar-refractivity contribution in [3.05, 3.63) is 47.9 Å². The van der Waals surface area contributed by atoms with E-state index in [0.717, 1.165) is 17.0 Å². The molecular weight excluding hydrogens is 258 g/mol. The second-order valence-corrected chi connectivity index (χ2v) is 4.30. The number of nitrogens with two attached hydrogens (primary N) is 1. The van der Waals surface area contributed by atoms with E-state index in [1.54, 1.807) is 13.2 Å². The Morgan fingerprint density at radius 3 is 2.65 bits per heavy atom. The van der Waals surface area contributed by atoms with Crippen molar-refractivity contribution in [2.75, 3.05) is 19.1 Å². The SMILES string of the molecule is COc1ccc(N(C)Cc2ccoc2C(=O)NN)cc1. The maximum atomic E-state index is 11.5. The van der Waals surface area contributed by atoms with E-state index in [1.807, 2.05) is 36.2 Å². The summed E-state index contributed by atoms with van der Waals surface area (Å²) in [6.45, 7) is 0.533. The van der Waals surface area contributed by atoms with Crippen molar-refractivity contribution in [3.8, 4) is 5.75 Å². The largest absolute Gasteiger partial charge is 0.497 e. The Kier molecular flexibility index (Phi) is 4.27. The van der Waals surface area contributed by atoms with E-state index in [-0.39, 0.29) is 5.76 Å². The smallest absolute Gasteiger partial charge is 0.301 e. The molecule has 0 bridgehead atoms. The van der Waals surface area contributed by atoms with Crippen LogP contribution in [0.4, 0.5) is 5.69 Å². The number of carbonyl (C=O) groups excluding carboxylic acids is 1. The van der Waals surface area contributed by atoms with Gasteiger partial charge in [-0.3, -0.25) is 10.2 Å². The number of nitrogen functional groups attached to an aromatic ring is 1. The lowest BCUT2D eigenvalue weighted by Gasteiger charge is -2.19. The van der Waals surface area contributed by atoms with Crippen LogP contribution in [0, 0.1) is 0 Å². The Hall–Kier alpha value is -2.47. The van der Waals surface area contributed by atoms with Gasteiger partial charge in [-0.05, 0) is 30.3 Å². The van der Waals surface area contributed by atoms with Crippen molar-refractivity contribution >= 4 is 11.6 Å². The van der Waals surface area contributed by atoms with Crippen LogP contribution in [0.3, 0.4) is 0 Å². The second kappa shape index (κ2) is 6.12. The highest BCUT2D eigenvalue weighted by molar-refractivity contribution is 5.92. The fraction of sp³-hybridized carbons (Fsp3) is 0.214. The molecule has 0 saturated heterocycles. The van der Waals surface area contributed by atoms with Gasteiger partial charge in [-0.15, -0.1) is 0 Å². The van der Waals surface area contributed by atoms with E-state index in [0.29, 0.717) is 6.54 Å².